The second kappa shape index (κ2) is 8.38. The number of alkyl halides is 9. The lowest BCUT2D eigenvalue weighted by molar-refractivity contribution is -0.382. The molecule has 180 valence electrons. The van der Waals surface area contributed by atoms with E-state index >= 15 is 0 Å². The highest BCUT2D eigenvalue weighted by atomic mass is 32.2. The summed E-state index contributed by atoms with van der Waals surface area (Å²) in [4.78, 5) is 23.4. The highest BCUT2D eigenvalue weighted by Gasteiger charge is 2.86. The molecule has 0 spiro atoms. The minimum atomic E-state index is -7.47. The van der Waals surface area contributed by atoms with Gasteiger partial charge in [-0.3, -0.25) is 9.59 Å². The third kappa shape index (κ3) is 4.55. The Labute approximate surface area is 168 Å². The average molecular weight is 496 g/mol. The first-order valence-corrected chi connectivity index (χ1v) is 9.18. The lowest BCUT2D eigenvalue weighted by atomic mass is 9.82. The van der Waals surface area contributed by atoms with Crippen LogP contribution in [0.25, 0.3) is 0 Å². The first kappa shape index (κ1) is 26.8. The molecule has 0 heterocycles. The molecule has 0 fully saturated rings. The van der Waals surface area contributed by atoms with Crippen molar-refractivity contribution in [3.05, 3.63) is 11.8 Å². The van der Waals surface area contributed by atoms with Crippen molar-refractivity contribution < 1.29 is 71.2 Å². The van der Waals surface area contributed by atoms with Crippen molar-refractivity contribution in [1.29, 1.82) is 0 Å². The fourth-order valence-electron chi connectivity index (χ4n) is 2.45. The van der Waals surface area contributed by atoms with Crippen LogP contribution in [-0.4, -0.2) is 57.9 Å². The first-order valence-electron chi connectivity index (χ1n) is 7.77. The maximum Gasteiger partial charge on any atom is 0.460 e. The highest BCUT2D eigenvalue weighted by molar-refractivity contribution is 7.88. The molecular formula is C14H13F9O7S. The number of esters is 2. The molecule has 0 saturated carbocycles. The molecule has 31 heavy (non-hydrogen) atoms. The van der Waals surface area contributed by atoms with E-state index in [2.05, 4.69) is 13.7 Å². The molecule has 0 unspecified atom stereocenters. The van der Waals surface area contributed by atoms with Crippen LogP contribution in [0.2, 0.25) is 0 Å². The Morgan fingerprint density at radius 3 is 1.74 bits per heavy atom. The second-order valence-corrected chi connectivity index (χ2v) is 7.66. The van der Waals surface area contributed by atoms with Crippen LogP contribution >= 0.6 is 0 Å². The predicted molar refractivity (Wildman–Crippen MR) is 79.2 cm³/mol. The van der Waals surface area contributed by atoms with Gasteiger partial charge in [-0.2, -0.15) is 47.9 Å². The van der Waals surface area contributed by atoms with Gasteiger partial charge in [-0.15, -0.1) is 0 Å². The van der Waals surface area contributed by atoms with Crippen molar-refractivity contribution >= 4 is 22.1 Å². The SMILES string of the molecule is COC(=O)[C@@H]1CC=C(OS(=O)(=O)C(F)(F)C(F)(F)C(F)(F)C(F)(F)F)C[C@H]1C(=O)OC. The van der Waals surface area contributed by atoms with E-state index in [9.17, 15) is 57.5 Å². The van der Waals surface area contributed by atoms with E-state index in [1.807, 2.05) is 0 Å². The standard InChI is InChI=1S/C14H13F9O7S/c1-28-9(24)7-4-3-6(5-8(7)10(25)29-2)30-31(26,27)14(22,23)12(17,18)11(15,16)13(19,20)21/h3,7-8H,4-5H2,1-2H3/t7-,8-/m1/s1. The van der Waals surface area contributed by atoms with Gasteiger partial charge in [0.25, 0.3) is 0 Å². The number of hydrogen-bond acceptors (Lipinski definition) is 7. The monoisotopic (exact) mass is 496 g/mol. The van der Waals surface area contributed by atoms with E-state index < -0.39 is 75.8 Å². The minimum absolute atomic E-state index is 0.564. The second-order valence-electron chi connectivity index (χ2n) is 6.07. The number of ether oxygens (including phenoxy) is 2. The molecule has 1 aliphatic carbocycles. The Morgan fingerprint density at radius 2 is 1.32 bits per heavy atom. The van der Waals surface area contributed by atoms with Crippen LogP contribution in [0.3, 0.4) is 0 Å². The van der Waals surface area contributed by atoms with E-state index in [-0.39, 0.29) is 0 Å². The van der Waals surface area contributed by atoms with Crippen LogP contribution in [0.5, 0.6) is 0 Å². The Hall–Kier alpha value is -2.20. The van der Waals surface area contributed by atoms with Gasteiger partial charge in [-0.05, 0) is 12.5 Å². The third-order valence-corrected chi connectivity index (χ3v) is 5.48. The van der Waals surface area contributed by atoms with E-state index in [0.29, 0.717) is 6.08 Å². The lowest BCUT2D eigenvalue weighted by Crippen LogP contribution is -2.63. The number of halogens is 9. The van der Waals surface area contributed by atoms with Crippen molar-refractivity contribution in [3.8, 4) is 0 Å². The summed E-state index contributed by atoms with van der Waals surface area (Å²) in [7, 11) is -5.44. The predicted octanol–water partition coefficient (Wildman–Crippen LogP) is 3.01. The third-order valence-electron chi connectivity index (χ3n) is 4.16. The maximum atomic E-state index is 13.7. The maximum absolute atomic E-state index is 13.7. The zero-order valence-electron chi connectivity index (χ0n) is 15.3. The number of methoxy groups -OCH3 is 2. The molecule has 0 bridgehead atoms. The summed E-state index contributed by atoms with van der Waals surface area (Å²) in [6.45, 7) is 0. The van der Waals surface area contributed by atoms with Gasteiger partial charge in [0.15, 0.2) is 0 Å². The molecule has 0 aromatic carbocycles. The number of rotatable bonds is 7. The van der Waals surface area contributed by atoms with Crippen molar-refractivity contribution in [1.82, 2.24) is 0 Å². The number of allylic oxidation sites excluding steroid dienone is 2. The molecule has 0 amide bonds. The van der Waals surface area contributed by atoms with Crippen LogP contribution < -0.4 is 0 Å². The van der Waals surface area contributed by atoms with Gasteiger partial charge in [0.05, 0.1) is 26.1 Å². The Morgan fingerprint density at radius 1 is 0.871 bits per heavy atom. The first-order chi connectivity index (χ1) is 13.8. The van der Waals surface area contributed by atoms with Gasteiger partial charge in [-0.25, -0.2) is 0 Å². The molecule has 0 saturated heterocycles. The van der Waals surface area contributed by atoms with Gasteiger partial charge >= 0.3 is 45.3 Å². The fourth-order valence-corrected chi connectivity index (χ4v) is 3.42. The van der Waals surface area contributed by atoms with E-state index in [1.54, 1.807) is 0 Å². The molecule has 0 radical (unpaired) electrons. The molecule has 0 aromatic heterocycles. The summed E-state index contributed by atoms with van der Waals surface area (Å²) in [5.74, 6) is -21.3. The molecule has 1 aliphatic rings. The quantitative estimate of drug-likeness (QED) is 0.304. The van der Waals surface area contributed by atoms with Crippen LogP contribution in [0.15, 0.2) is 11.8 Å². The molecule has 0 N–H and O–H groups in total. The van der Waals surface area contributed by atoms with Crippen LogP contribution in [0, 0.1) is 11.8 Å². The summed E-state index contributed by atoms with van der Waals surface area (Å²) < 4.78 is 152. The van der Waals surface area contributed by atoms with E-state index in [1.165, 1.54) is 0 Å². The van der Waals surface area contributed by atoms with E-state index in [0.717, 1.165) is 14.2 Å². The summed E-state index contributed by atoms with van der Waals surface area (Å²) in [6.07, 6.45) is -8.33. The van der Waals surface area contributed by atoms with E-state index in [4.69, 9.17) is 0 Å². The Kier molecular flexibility index (Phi) is 7.26. The number of carbonyl (C=O) groups excluding carboxylic acids is 2. The van der Waals surface area contributed by atoms with Crippen molar-refractivity contribution in [2.24, 2.45) is 11.8 Å². The summed E-state index contributed by atoms with van der Waals surface area (Å²) in [6, 6.07) is 0. The van der Waals surface area contributed by atoms with Crippen molar-refractivity contribution in [2.75, 3.05) is 14.2 Å². The zero-order valence-corrected chi connectivity index (χ0v) is 16.1. The molecular weight excluding hydrogens is 483 g/mol. The molecule has 2 atom stereocenters. The van der Waals surface area contributed by atoms with Crippen LogP contribution in [-0.2, 0) is 33.4 Å². The average Bonchev–Trinajstić information content (AvgIpc) is 2.64. The van der Waals surface area contributed by atoms with Crippen molar-refractivity contribution in [2.45, 2.75) is 36.1 Å². The number of hydrogen-bond donors (Lipinski definition) is 0. The largest absolute Gasteiger partial charge is 0.469 e. The molecule has 0 aliphatic heterocycles. The fraction of sp³-hybridized carbons (Fsp3) is 0.714. The Bertz CT molecular complexity index is 849. The number of carbonyl (C=O) groups is 2. The summed E-state index contributed by atoms with van der Waals surface area (Å²) in [5.41, 5.74) is 0. The van der Waals surface area contributed by atoms with Gasteiger partial charge in [0, 0.05) is 6.42 Å². The normalized spacial score (nSPS) is 21.2. The molecule has 0 aromatic rings. The van der Waals surface area contributed by atoms with Gasteiger partial charge < -0.3 is 13.7 Å². The summed E-state index contributed by atoms with van der Waals surface area (Å²) >= 11 is 0. The van der Waals surface area contributed by atoms with Crippen molar-refractivity contribution in [3.63, 3.8) is 0 Å². The minimum Gasteiger partial charge on any atom is -0.469 e. The smallest absolute Gasteiger partial charge is 0.460 e. The molecule has 17 heteroatoms. The Balaban J connectivity index is 3.30. The van der Waals surface area contributed by atoms with Gasteiger partial charge in [-0.1, -0.05) is 0 Å². The zero-order chi connectivity index (χ0) is 24.6. The summed E-state index contributed by atoms with van der Waals surface area (Å²) in [5, 5.41) is -7.06. The van der Waals surface area contributed by atoms with Gasteiger partial charge in [0.1, 0.15) is 5.76 Å². The van der Waals surface area contributed by atoms with Crippen LogP contribution in [0.1, 0.15) is 12.8 Å². The highest BCUT2D eigenvalue weighted by Crippen LogP contribution is 2.55. The molecule has 1 rings (SSSR count). The molecule has 7 nitrogen and oxygen atoms in total. The van der Waals surface area contributed by atoms with Crippen LogP contribution in [0.4, 0.5) is 39.5 Å². The topological polar surface area (TPSA) is 96.0 Å². The van der Waals surface area contributed by atoms with Gasteiger partial charge in [0.2, 0.25) is 0 Å². The lowest BCUT2D eigenvalue weighted by Gasteiger charge is -2.33.